The topological polar surface area (TPSA) is 96.0 Å². The van der Waals surface area contributed by atoms with Crippen LogP contribution in [0.5, 0.6) is 5.75 Å². The molecule has 0 spiro atoms. The van der Waals surface area contributed by atoms with Crippen molar-refractivity contribution >= 4 is 39.1 Å². The van der Waals surface area contributed by atoms with Crippen LogP contribution in [0.3, 0.4) is 0 Å². The van der Waals surface area contributed by atoms with E-state index in [9.17, 15) is 18.0 Å². The van der Waals surface area contributed by atoms with Crippen molar-refractivity contribution in [2.45, 2.75) is 62.6 Å². The molecule has 0 unspecified atom stereocenters. The van der Waals surface area contributed by atoms with Gasteiger partial charge in [-0.1, -0.05) is 84.6 Å². The van der Waals surface area contributed by atoms with E-state index >= 15 is 0 Å². The van der Waals surface area contributed by atoms with Crippen LogP contribution in [-0.4, -0.2) is 50.9 Å². The Bertz CT molecular complexity index is 1760. The molecule has 5 rings (SSSR count). The van der Waals surface area contributed by atoms with E-state index in [0.717, 1.165) is 46.7 Å². The SMILES string of the molecule is COc1cccc(CN(C(=O)CN(c2ccc(C)cc2)S(=O)(=O)c2ccc(Cl)cc2)[C@H](Cc2ccccc2)C(=O)NC2CCCC2)c1. The van der Waals surface area contributed by atoms with Crippen LogP contribution in [0.15, 0.2) is 108 Å². The number of nitrogens with zero attached hydrogens (tertiary/aromatic N) is 2. The van der Waals surface area contributed by atoms with E-state index in [2.05, 4.69) is 5.32 Å². The first-order chi connectivity index (χ1) is 22.6. The van der Waals surface area contributed by atoms with Crippen molar-refractivity contribution in [2.75, 3.05) is 18.0 Å². The molecular weight excluding hydrogens is 634 g/mol. The summed E-state index contributed by atoms with van der Waals surface area (Å²) in [5, 5.41) is 3.59. The minimum atomic E-state index is -4.21. The summed E-state index contributed by atoms with van der Waals surface area (Å²) in [5.41, 5.74) is 2.89. The number of sulfonamides is 1. The zero-order valence-corrected chi connectivity index (χ0v) is 28.2. The lowest BCUT2D eigenvalue weighted by molar-refractivity contribution is -0.140. The van der Waals surface area contributed by atoms with Gasteiger partial charge in [-0.2, -0.15) is 0 Å². The molecule has 47 heavy (non-hydrogen) atoms. The van der Waals surface area contributed by atoms with E-state index < -0.39 is 28.5 Å². The van der Waals surface area contributed by atoms with Gasteiger partial charge in [0.15, 0.2) is 0 Å². The van der Waals surface area contributed by atoms with Crippen molar-refractivity contribution in [3.8, 4) is 5.75 Å². The summed E-state index contributed by atoms with van der Waals surface area (Å²) in [5.74, 6) is -0.176. The maximum atomic E-state index is 14.6. The van der Waals surface area contributed by atoms with E-state index in [1.54, 1.807) is 31.4 Å². The molecule has 1 atom stereocenters. The number of methoxy groups -OCH3 is 1. The number of anilines is 1. The summed E-state index contributed by atoms with van der Waals surface area (Å²) in [6.07, 6.45) is 4.09. The van der Waals surface area contributed by atoms with Crippen LogP contribution in [0.4, 0.5) is 5.69 Å². The molecule has 8 nitrogen and oxygen atoms in total. The van der Waals surface area contributed by atoms with Gasteiger partial charge in [0.2, 0.25) is 11.8 Å². The van der Waals surface area contributed by atoms with Crippen LogP contribution in [0.25, 0.3) is 0 Å². The highest BCUT2D eigenvalue weighted by Crippen LogP contribution is 2.27. The van der Waals surface area contributed by atoms with E-state index in [0.29, 0.717) is 16.5 Å². The van der Waals surface area contributed by atoms with Gasteiger partial charge in [0.05, 0.1) is 17.7 Å². The molecule has 0 saturated heterocycles. The Morgan fingerprint density at radius 1 is 0.894 bits per heavy atom. The molecule has 1 aliphatic rings. The molecule has 1 N–H and O–H groups in total. The van der Waals surface area contributed by atoms with Crippen molar-refractivity contribution in [3.05, 3.63) is 125 Å². The van der Waals surface area contributed by atoms with Gasteiger partial charge in [0, 0.05) is 24.0 Å². The van der Waals surface area contributed by atoms with E-state index in [1.165, 1.54) is 29.2 Å². The molecule has 0 aromatic heterocycles. The number of nitrogens with one attached hydrogen (secondary N) is 1. The molecule has 10 heteroatoms. The molecule has 2 amide bonds. The van der Waals surface area contributed by atoms with Crippen molar-refractivity contribution in [3.63, 3.8) is 0 Å². The van der Waals surface area contributed by atoms with Gasteiger partial charge < -0.3 is 15.0 Å². The number of hydrogen-bond acceptors (Lipinski definition) is 5. The van der Waals surface area contributed by atoms with E-state index in [4.69, 9.17) is 16.3 Å². The molecule has 246 valence electrons. The molecule has 0 heterocycles. The zero-order chi connectivity index (χ0) is 33.4. The molecular formula is C37H40ClN3O5S. The highest BCUT2D eigenvalue weighted by Gasteiger charge is 2.35. The molecule has 0 radical (unpaired) electrons. The Labute approximate surface area is 282 Å². The standard InChI is InChI=1S/C37H40ClN3O5S/c1-27-15-19-32(20-16-27)41(47(44,45)34-21-17-30(38)18-22-34)26-36(42)40(25-29-11-8-14-33(23-29)46-2)35(24-28-9-4-3-5-10-28)37(43)39-31-12-6-7-13-31/h3-5,8-11,14-23,31,35H,6-7,12-13,24-26H2,1-2H3,(H,39,43)/t35-/m1/s1. The minimum Gasteiger partial charge on any atom is -0.497 e. The average molecular weight is 674 g/mol. The first-order valence-electron chi connectivity index (χ1n) is 15.8. The van der Waals surface area contributed by atoms with Crippen molar-refractivity contribution in [1.29, 1.82) is 0 Å². The third-order valence-corrected chi connectivity index (χ3v) is 10.5. The van der Waals surface area contributed by atoms with Crippen LogP contribution >= 0.6 is 11.6 Å². The predicted molar refractivity (Wildman–Crippen MR) is 185 cm³/mol. The Morgan fingerprint density at radius 2 is 1.55 bits per heavy atom. The van der Waals surface area contributed by atoms with Gasteiger partial charge >= 0.3 is 0 Å². The summed E-state index contributed by atoms with van der Waals surface area (Å²) in [4.78, 5) is 30.3. The lowest BCUT2D eigenvalue weighted by atomic mass is 10.0. The maximum absolute atomic E-state index is 14.6. The number of rotatable bonds is 13. The van der Waals surface area contributed by atoms with Gasteiger partial charge in [-0.05, 0) is 79.4 Å². The lowest BCUT2D eigenvalue weighted by Gasteiger charge is -2.34. The average Bonchev–Trinajstić information content (AvgIpc) is 3.59. The van der Waals surface area contributed by atoms with Crippen LogP contribution in [-0.2, 0) is 32.6 Å². The number of aryl methyl sites for hydroxylation is 1. The minimum absolute atomic E-state index is 0.00515. The maximum Gasteiger partial charge on any atom is 0.264 e. The fourth-order valence-corrected chi connectivity index (χ4v) is 7.40. The summed E-state index contributed by atoms with van der Waals surface area (Å²) in [6, 6.07) is 28.8. The third-order valence-electron chi connectivity index (χ3n) is 8.46. The largest absolute Gasteiger partial charge is 0.497 e. The molecule has 1 aliphatic carbocycles. The second-order valence-electron chi connectivity index (χ2n) is 11.9. The molecule has 0 aliphatic heterocycles. The van der Waals surface area contributed by atoms with E-state index in [-0.39, 0.29) is 29.8 Å². The smallest absolute Gasteiger partial charge is 0.264 e. The first kappa shape index (κ1) is 34.0. The van der Waals surface area contributed by atoms with Crippen molar-refractivity contribution < 1.29 is 22.7 Å². The second-order valence-corrected chi connectivity index (χ2v) is 14.2. The van der Waals surface area contributed by atoms with Crippen LogP contribution in [0.2, 0.25) is 5.02 Å². The molecule has 1 fully saturated rings. The van der Waals surface area contributed by atoms with Crippen LogP contribution in [0, 0.1) is 6.92 Å². The fourth-order valence-electron chi connectivity index (χ4n) is 5.86. The highest BCUT2D eigenvalue weighted by atomic mass is 35.5. The number of benzene rings is 4. The Hall–Kier alpha value is -4.34. The first-order valence-corrected chi connectivity index (χ1v) is 17.6. The van der Waals surface area contributed by atoms with Gasteiger partial charge in [-0.15, -0.1) is 0 Å². The summed E-state index contributed by atoms with van der Waals surface area (Å²) in [6.45, 7) is 1.44. The van der Waals surface area contributed by atoms with Crippen LogP contribution in [0.1, 0.15) is 42.4 Å². The van der Waals surface area contributed by atoms with Gasteiger partial charge in [-0.25, -0.2) is 8.42 Å². The van der Waals surface area contributed by atoms with Gasteiger partial charge in [0.25, 0.3) is 10.0 Å². The lowest BCUT2D eigenvalue weighted by Crippen LogP contribution is -2.54. The van der Waals surface area contributed by atoms with Crippen molar-refractivity contribution in [1.82, 2.24) is 10.2 Å². The van der Waals surface area contributed by atoms with E-state index in [1.807, 2.05) is 61.5 Å². The summed E-state index contributed by atoms with van der Waals surface area (Å²) < 4.78 is 34.9. The molecule has 4 aromatic carbocycles. The Kier molecular flexibility index (Phi) is 11.2. The molecule has 0 bridgehead atoms. The van der Waals surface area contributed by atoms with Crippen molar-refractivity contribution in [2.24, 2.45) is 0 Å². The number of ether oxygens (including phenoxy) is 1. The summed E-state index contributed by atoms with van der Waals surface area (Å²) >= 11 is 6.08. The Balaban J connectivity index is 1.57. The number of carbonyl (C=O) groups excluding carboxylic acids is 2. The third kappa shape index (κ3) is 8.73. The summed E-state index contributed by atoms with van der Waals surface area (Å²) in [7, 11) is -2.65. The van der Waals surface area contributed by atoms with Gasteiger partial charge in [-0.3, -0.25) is 13.9 Å². The predicted octanol–water partition coefficient (Wildman–Crippen LogP) is 6.55. The number of carbonyl (C=O) groups is 2. The quantitative estimate of drug-likeness (QED) is 0.174. The second kappa shape index (κ2) is 15.5. The number of hydrogen-bond donors (Lipinski definition) is 1. The molecule has 4 aromatic rings. The zero-order valence-electron chi connectivity index (χ0n) is 26.6. The number of amides is 2. The molecule has 1 saturated carbocycles. The van der Waals surface area contributed by atoms with Gasteiger partial charge in [0.1, 0.15) is 18.3 Å². The Morgan fingerprint density at radius 3 is 2.21 bits per heavy atom. The van der Waals surface area contributed by atoms with Crippen LogP contribution < -0.4 is 14.4 Å². The monoisotopic (exact) mass is 673 g/mol. The highest BCUT2D eigenvalue weighted by molar-refractivity contribution is 7.92. The normalized spacial score (nSPS) is 13.9. The fraction of sp³-hybridized carbons (Fsp3) is 0.297. The number of halogens is 1.